The summed E-state index contributed by atoms with van der Waals surface area (Å²) in [5.74, 6) is 0.114. The lowest BCUT2D eigenvalue weighted by Crippen LogP contribution is -3.15. The van der Waals surface area contributed by atoms with Crippen molar-refractivity contribution in [3.63, 3.8) is 0 Å². The van der Waals surface area contributed by atoms with E-state index in [2.05, 4.69) is 5.32 Å². The first-order chi connectivity index (χ1) is 13.1. The van der Waals surface area contributed by atoms with Crippen LogP contribution in [0.5, 0.6) is 5.75 Å². The van der Waals surface area contributed by atoms with E-state index >= 15 is 0 Å². The summed E-state index contributed by atoms with van der Waals surface area (Å²) in [6.45, 7) is 3.43. The highest BCUT2D eigenvalue weighted by Crippen LogP contribution is 2.15. The molecule has 5 nitrogen and oxygen atoms in total. The molecule has 0 spiro atoms. The van der Waals surface area contributed by atoms with Gasteiger partial charge in [0.05, 0.1) is 19.8 Å². The Bertz CT molecular complexity index is 734. The number of benzene rings is 2. The first-order valence-electron chi connectivity index (χ1n) is 8.94. The average molecular weight is 394 g/mol. The van der Waals surface area contributed by atoms with Crippen molar-refractivity contribution in [1.29, 1.82) is 0 Å². The van der Waals surface area contributed by atoms with Crippen LogP contribution < -0.4 is 15.0 Å². The number of quaternary nitrogens is 1. The lowest BCUT2D eigenvalue weighted by molar-refractivity contribution is -0.937. The molecule has 0 saturated carbocycles. The molecule has 0 radical (unpaired) electrons. The molecule has 1 aliphatic rings. The zero-order valence-corrected chi connectivity index (χ0v) is 15.7. The van der Waals surface area contributed by atoms with Gasteiger partial charge < -0.3 is 19.7 Å². The van der Waals surface area contributed by atoms with E-state index in [1.807, 2.05) is 0 Å². The summed E-state index contributed by atoms with van der Waals surface area (Å²) in [6.07, 6.45) is 0. The fraction of sp³-hybridized carbons (Fsp3) is 0.350. The largest absolute Gasteiger partial charge is 0.484 e. The zero-order chi connectivity index (χ0) is 19.1. The van der Waals surface area contributed by atoms with Crippen LogP contribution in [0.1, 0.15) is 11.6 Å². The fourth-order valence-corrected chi connectivity index (χ4v) is 3.25. The summed E-state index contributed by atoms with van der Waals surface area (Å²) in [5, 5.41) is 3.54. The van der Waals surface area contributed by atoms with E-state index in [1.165, 1.54) is 17.0 Å². The van der Waals surface area contributed by atoms with E-state index in [-0.39, 0.29) is 24.4 Å². The number of nitrogens with one attached hydrogen (secondary N) is 2. The van der Waals surface area contributed by atoms with Gasteiger partial charge in [-0.05, 0) is 36.4 Å². The third-order valence-corrected chi connectivity index (χ3v) is 4.84. The van der Waals surface area contributed by atoms with Crippen molar-refractivity contribution in [3.8, 4) is 5.75 Å². The van der Waals surface area contributed by atoms with Crippen LogP contribution in [0.3, 0.4) is 0 Å². The molecule has 3 rings (SSSR count). The van der Waals surface area contributed by atoms with Crippen molar-refractivity contribution >= 4 is 17.5 Å². The lowest BCUT2D eigenvalue weighted by Gasteiger charge is -2.32. The Morgan fingerprint density at radius 1 is 1.15 bits per heavy atom. The van der Waals surface area contributed by atoms with E-state index in [4.69, 9.17) is 21.1 Å². The predicted octanol–water partition coefficient (Wildman–Crippen LogP) is 1.63. The Labute approximate surface area is 163 Å². The summed E-state index contributed by atoms with van der Waals surface area (Å²) in [7, 11) is 0. The molecular formula is C20H23ClFN2O3+. The first-order valence-corrected chi connectivity index (χ1v) is 9.32. The Balaban J connectivity index is 1.57. The quantitative estimate of drug-likeness (QED) is 0.751. The smallest absolute Gasteiger partial charge is 0.258 e. The Morgan fingerprint density at radius 3 is 2.48 bits per heavy atom. The summed E-state index contributed by atoms with van der Waals surface area (Å²) >= 11 is 5.83. The summed E-state index contributed by atoms with van der Waals surface area (Å²) in [5.41, 5.74) is 0.993. The molecule has 1 heterocycles. The highest BCUT2D eigenvalue weighted by atomic mass is 35.5. The van der Waals surface area contributed by atoms with Gasteiger partial charge in [0.25, 0.3) is 5.91 Å². The van der Waals surface area contributed by atoms with Gasteiger partial charge in [-0.2, -0.15) is 0 Å². The second kappa shape index (κ2) is 9.69. The normalized spacial score (nSPS) is 15.9. The standard InChI is InChI=1S/C20H22ClFN2O3/c21-16-3-7-18(8-4-16)27-14-20(25)23-13-19(24-9-11-26-12-10-24)15-1-5-17(22)6-2-15/h1-8,19H,9-14H2,(H,23,25)/p+1/t19-/m0/s1. The van der Waals surface area contributed by atoms with Gasteiger partial charge in [0.2, 0.25) is 0 Å². The number of ether oxygens (including phenoxy) is 2. The summed E-state index contributed by atoms with van der Waals surface area (Å²) < 4.78 is 24.2. The Hall–Kier alpha value is -2.15. The number of morpholine rings is 1. The van der Waals surface area contributed by atoms with Gasteiger partial charge in [0.15, 0.2) is 6.61 Å². The molecule has 0 aromatic heterocycles. The van der Waals surface area contributed by atoms with Gasteiger partial charge in [-0.15, -0.1) is 0 Å². The average Bonchev–Trinajstić information content (AvgIpc) is 2.70. The van der Waals surface area contributed by atoms with E-state index in [9.17, 15) is 9.18 Å². The second-order valence-electron chi connectivity index (χ2n) is 6.42. The van der Waals surface area contributed by atoms with Gasteiger partial charge in [-0.25, -0.2) is 4.39 Å². The third kappa shape index (κ3) is 5.92. The Kier molecular flexibility index (Phi) is 7.04. The molecular weight excluding hydrogens is 371 g/mol. The van der Waals surface area contributed by atoms with Crippen molar-refractivity contribution in [2.45, 2.75) is 6.04 Å². The highest BCUT2D eigenvalue weighted by Gasteiger charge is 2.26. The fourth-order valence-electron chi connectivity index (χ4n) is 3.12. The minimum atomic E-state index is -0.269. The van der Waals surface area contributed by atoms with Crippen LogP contribution in [0, 0.1) is 5.82 Å². The number of amides is 1. The lowest BCUT2D eigenvalue weighted by atomic mass is 10.0. The van der Waals surface area contributed by atoms with Crippen molar-refractivity contribution in [2.24, 2.45) is 0 Å². The maximum atomic E-state index is 13.3. The van der Waals surface area contributed by atoms with Crippen LogP contribution in [0.4, 0.5) is 4.39 Å². The minimum Gasteiger partial charge on any atom is -0.484 e. The topological polar surface area (TPSA) is 52.0 Å². The van der Waals surface area contributed by atoms with Crippen LogP contribution in [0.2, 0.25) is 5.02 Å². The highest BCUT2D eigenvalue weighted by molar-refractivity contribution is 6.30. The molecule has 0 bridgehead atoms. The van der Waals surface area contributed by atoms with Crippen molar-refractivity contribution in [2.75, 3.05) is 39.5 Å². The SMILES string of the molecule is O=C(COc1ccc(Cl)cc1)NC[C@@H](c1ccc(F)cc1)[NH+]1CCOCC1. The van der Waals surface area contributed by atoms with E-state index in [0.29, 0.717) is 30.5 Å². The molecule has 1 saturated heterocycles. The third-order valence-electron chi connectivity index (χ3n) is 4.59. The van der Waals surface area contributed by atoms with Crippen LogP contribution in [0.15, 0.2) is 48.5 Å². The summed E-state index contributed by atoms with van der Waals surface area (Å²) in [4.78, 5) is 13.5. The number of rotatable bonds is 7. The molecule has 7 heteroatoms. The van der Waals surface area contributed by atoms with Gasteiger partial charge in [0.1, 0.15) is 30.7 Å². The van der Waals surface area contributed by atoms with Gasteiger partial charge in [-0.3, -0.25) is 4.79 Å². The van der Waals surface area contributed by atoms with Crippen molar-refractivity contribution in [3.05, 3.63) is 64.9 Å². The molecule has 2 aromatic rings. The molecule has 1 aliphatic heterocycles. The molecule has 1 atom stereocenters. The monoisotopic (exact) mass is 393 g/mol. The molecule has 0 unspecified atom stereocenters. The molecule has 27 heavy (non-hydrogen) atoms. The van der Waals surface area contributed by atoms with Crippen LogP contribution >= 0.6 is 11.6 Å². The van der Waals surface area contributed by atoms with Crippen molar-refractivity contribution < 1.29 is 23.6 Å². The van der Waals surface area contributed by atoms with E-state index < -0.39 is 0 Å². The molecule has 1 amide bonds. The zero-order valence-electron chi connectivity index (χ0n) is 14.9. The first kappa shape index (κ1) is 19.6. The molecule has 2 N–H and O–H groups in total. The van der Waals surface area contributed by atoms with Crippen molar-refractivity contribution in [1.82, 2.24) is 5.32 Å². The number of carbonyl (C=O) groups is 1. The minimum absolute atomic E-state index is 0.0361. The molecule has 2 aromatic carbocycles. The van der Waals surface area contributed by atoms with Crippen LogP contribution in [-0.4, -0.2) is 45.4 Å². The summed E-state index contributed by atoms with van der Waals surface area (Å²) in [6, 6.07) is 13.3. The van der Waals surface area contributed by atoms with Gasteiger partial charge in [-0.1, -0.05) is 23.7 Å². The van der Waals surface area contributed by atoms with E-state index in [1.54, 1.807) is 36.4 Å². The predicted molar refractivity (Wildman–Crippen MR) is 101 cm³/mol. The second-order valence-corrected chi connectivity index (χ2v) is 6.86. The number of carbonyl (C=O) groups excluding carboxylic acids is 1. The van der Waals surface area contributed by atoms with Crippen LogP contribution in [0.25, 0.3) is 0 Å². The maximum absolute atomic E-state index is 13.3. The van der Waals surface area contributed by atoms with Crippen LogP contribution in [-0.2, 0) is 9.53 Å². The number of hydrogen-bond donors (Lipinski definition) is 2. The molecule has 0 aliphatic carbocycles. The Morgan fingerprint density at radius 2 is 1.81 bits per heavy atom. The number of halogens is 2. The maximum Gasteiger partial charge on any atom is 0.258 e. The molecule has 1 fully saturated rings. The van der Waals surface area contributed by atoms with Gasteiger partial charge in [0, 0.05) is 10.6 Å². The molecule has 144 valence electrons. The number of hydrogen-bond acceptors (Lipinski definition) is 3. The van der Waals surface area contributed by atoms with E-state index in [0.717, 1.165) is 18.7 Å². The van der Waals surface area contributed by atoms with Gasteiger partial charge >= 0.3 is 0 Å².